The van der Waals surface area contributed by atoms with Gasteiger partial charge in [0.2, 0.25) is 0 Å². The Morgan fingerprint density at radius 3 is 2.13 bits per heavy atom. The molecule has 15 heavy (non-hydrogen) atoms. The molecule has 0 radical (unpaired) electrons. The molecule has 0 aliphatic carbocycles. The third-order valence-electron chi connectivity index (χ3n) is 2.35. The zero-order valence-electron chi connectivity index (χ0n) is 9.32. The van der Waals surface area contributed by atoms with Gasteiger partial charge < -0.3 is 5.73 Å². The highest BCUT2D eigenvalue weighted by atomic mass is 19.4. The van der Waals surface area contributed by atoms with Gasteiger partial charge in [0.25, 0.3) is 0 Å². The first-order valence-electron chi connectivity index (χ1n) is 4.98. The van der Waals surface area contributed by atoms with Crippen LogP contribution in [0.15, 0.2) is 0 Å². The average molecular weight is 225 g/mol. The molecule has 1 atom stereocenters. The van der Waals surface area contributed by atoms with E-state index in [1.807, 2.05) is 13.8 Å². The van der Waals surface area contributed by atoms with Gasteiger partial charge in [0.1, 0.15) is 0 Å². The van der Waals surface area contributed by atoms with Crippen LogP contribution in [0.25, 0.3) is 0 Å². The van der Waals surface area contributed by atoms with E-state index in [2.05, 4.69) is 0 Å². The van der Waals surface area contributed by atoms with Crippen molar-refractivity contribution in [3.63, 3.8) is 0 Å². The Morgan fingerprint density at radius 1 is 1.33 bits per heavy atom. The molecule has 0 rings (SSSR count). The second kappa shape index (κ2) is 4.96. The van der Waals surface area contributed by atoms with Crippen molar-refractivity contribution in [2.24, 2.45) is 11.7 Å². The molecule has 0 bridgehead atoms. The van der Waals surface area contributed by atoms with Crippen molar-refractivity contribution in [1.82, 2.24) is 0 Å². The van der Waals surface area contributed by atoms with Crippen molar-refractivity contribution in [3.05, 3.63) is 0 Å². The lowest BCUT2D eigenvalue weighted by molar-refractivity contribution is -0.186. The van der Waals surface area contributed by atoms with E-state index in [1.165, 1.54) is 0 Å². The minimum absolute atomic E-state index is 0.106. The summed E-state index contributed by atoms with van der Waals surface area (Å²) in [5.74, 6) is -0.552. The molecular formula is C10H18F3NO. The molecule has 0 aromatic heterocycles. The van der Waals surface area contributed by atoms with Gasteiger partial charge in [-0.2, -0.15) is 13.2 Å². The van der Waals surface area contributed by atoms with E-state index in [-0.39, 0.29) is 6.42 Å². The molecule has 0 amide bonds. The van der Waals surface area contributed by atoms with E-state index in [4.69, 9.17) is 5.73 Å². The number of halogens is 3. The van der Waals surface area contributed by atoms with E-state index < -0.39 is 17.5 Å². The van der Waals surface area contributed by atoms with Gasteiger partial charge in [0.05, 0.1) is 0 Å². The first-order chi connectivity index (χ1) is 6.59. The topological polar surface area (TPSA) is 43.1 Å². The summed E-state index contributed by atoms with van der Waals surface area (Å²) in [5, 5.41) is 0. The van der Waals surface area contributed by atoms with Crippen LogP contribution in [0.3, 0.4) is 0 Å². The van der Waals surface area contributed by atoms with E-state index in [0.29, 0.717) is 12.3 Å². The van der Waals surface area contributed by atoms with Crippen LogP contribution in [0.1, 0.15) is 40.0 Å². The molecule has 0 aliphatic heterocycles. The van der Waals surface area contributed by atoms with Crippen molar-refractivity contribution < 1.29 is 18.0 Å². The number of carbonyl (C=O) groups is 1. The van der Waals surface area contributed by atoms with Crippen LogP contribution in [0.5, 0.6) is 0 Å². The summed E-state index contributed by atoms with van der Waals surface area (Å²) >= 11 is 0. The summed E-state index contributed by atoms with van der Waals surface area (Å²) in [6, 6.07) is 0. The first-order valence-corrected chi connectivity index (χ1v) is 4.98. The summed E-state index contributed by atoms with van der Waals surface area (Å²) in [6.45, 7) is 4.64. The van der Waals surface area contributed by atoms with Crippen LogP contribution in [0.4, 0.5) is 13.2 Å². The van der Waals surface area contributed by atoms with E-state index >= 15 is 0 Å². The minimum atomic E-state index is -4.66. The molecule has 90 valence electrons. The second-order valence-corrected chi connectivity index (χ2v) is 4.41. The Bertz CT molecular complexity index is 221. The molecule has 2 N–H and O–H groups in total. The summed E-state index contributed by atoms with van der Waals surface area (Å²) < 4.78 is 37.0. The highest BCUT2D eigenvalue weighted by molar-refractivity contribution is 5.88. The van der Waals surface area contributed by atoms with E-state index in [9.17, 15) is 18.0 Å². The number of ketones is 1. The highest BCUT2D eigenvalue weighted by Crippen LogP contribution is 2.30. The summed E-state index contributed by atoms with van der Waals surface area (Å²) in [6.07, 6.45) is -3.58. The average Bonchev–Trinajstić information content (AvgIpc) is 2.01. The fourth-order valence-corrected chi connectivity index (χ4v) is 1.09. The Morgan fingerprint density at radius 2 is 1.80 bits per heavy atom. The van der Waals surface area contributed by atoms with Crippen LogP contribution in [0, 0.1) is 5.92 Å². The monoisotopic (exact) mass is 225 g/mol. The van der Waals surface area contributed by atoms with Crippen molar-refractivity contribution in [1.29, 1.82) is 0 Å². The van der Waals surface area contributed by atoms with Crippen molar-refractivity contribution in [2.45, 2.75) is 51.7 Å². The third kappa shape index (κ3) is 4.20. The number of rotatable bonds is 5. The van der Waals surface area contributed by atoms with Gasteiger partial charge in [-0.3, -0.25) is 4.79 Å². The van der Waals surface area contributed by atoms with Crippen LogP contribution < -0.4 is 5.73 Å². The number of nitrogens with two attached hydrogens (primary N) is 1. The van der Waals surface area contributed by atoms with Crippen molar-refractivity contribution in [3.8, 4) is 0 Å². The molecular weight excluding hydrogens is 207 g/mol. The van der Waals surface area contributed by atoms with Gasteiger partial charge in [-0.05, 0) is 19.3 Å². The van der Waals surface area contributed by atoms with E-state index in [1.54, 1.807) is 0 Å². The fraction of sp³-hybridized carbons (Fsp3) is 0.900. The molecule has 0 saturated heterocycles. The number of alkyl halides is 3. The molecule has 0 fully saturated rings. The van der Waals surface area contributed by atoms with Gasteiger partial charge in [0.15, 0.2) is 11.3 Å². The fourth-order valence-electron chi connectivity index (χ4n) is 1.09. The standard InChI is InChI=1S/C10H18F3NO/c1-7(2)5-4-6-8(15)9(3,14)10(11,12)13/h7H,4-6,14H2,1-3H3. The normalized spacial score (nSPS) is 16.5. The number of Topliss-reactive ketones (excluding diaryl/α,β-unsaturated/α-hetero) is 1. The summed E-state index contributed by atoms with van der Waals surface area (Å²) in [7, 11) is 0. The smallest absolute Gasteiger partial charge is 0.312 e. The Labute approximate surface area is 88.0 Å². The number of carbonyl (C=O) groups excluding carboxylic acids is 1. The maximum absolute atomic E-state index is 12.3. The number of hydrogen-bond acceptors (Lipinski definition) is 2. The van der Waals surface area contributed by atoms with E-state index in [0.717, 1.165) is 13.3 Å². The maximum atomic E-state index is 12.3. The molecule has 0 aromatic carbocycles. The first kappa shape index (κ1) is 14.4. The zero-order chi connectivity index (χ0) is 12.3. The Hall–Kier alpha value is -0.580. The zero-order valence-corrected chi connectivity index (χ0v) is 9.32. The Balaban J connectivity index is 4.21. The quantitative estimate of drug-likeness (QED) is 0.781. The van der Waals surface area contributed by atoms with Crippen LogP contribution in [-0.4, -0.2) is 17.5 Å². The summed E-state index contributed by atoms with van der Waals surface area (Å²) in [5.41, 5.74) is 2.28. The maximum Gasteiger partial charge on any atom is 0.413 e. The van der Waals surface area contributed by atoms with Crippen molar-refractivity contribution in [2.75, 3.05) is 0 Å². The third-order valence-corrected chi connectivity index (χ3v) is 2.35. The predicted octanol–water partition coefficient (Wildman–Crippen LogP) is 2.66. The largest absolute Gasteiger partial charge is 0.413 e. The van der Waals surface area contributed by atoms with Crippen LogP contribution in [-0.2, 0) is 4.79 Å². The van der Waals surface area contributed by atoms with Gasteiger partial charge in [0, 0.05) is 6.42 Å². The van der Waals surface area contributed by atoms with Gasteiger partial charge >= 0.3 is 6.18 Å². The lowest BCUT2D eigenvalue weighted by Crippen LogP contribution is -2.57. The molecule has 0 aromatic rings. The van der Waals surface area contributed by atoms with Crippen molar-refractivity contribution >= 4 is 5.78 Å². The lowest BCUT2D eigenvalue weighted by atomic mass is 9.92. The molecule has 1 unspecified atom stereocenters. The molecule has 0 aliphatic rings. The van der Waals surface area contributed by atoms with Gasteiger partial charge in [-0.25, -0.2) is 0 Å². The SMILES string of the molecule is CC(C)CCCC(=O)C(C)(N)C(F)(F)F. The number of hydrogen-bond donors (Lipinski definition) is 1. The second-order valence-electron chi connectivity index (χ2n) is 4.41. The Kier molecular flexibility index (Phi) is 4.77. The van der Waals surface area contributed by atoms with Gasteiger partial charge in [-0.1, -0.05) is 20.3 Å². The molecule has 0 saturated carbocycles. The molecule has 0 heterocycles. The predicted molar refractivity (Wildman–Crippen MR) is 52.3 cm³/mol. The molecule has 5 heteroatoms. The van der Waals surface area contributed by atoms with Crippen LogP contribution >= 0.6 is 0 Å². The molecule has 2 nitrogen and oxygen atoms in total. The minimum Gasteiger partial charge on any atom is -0.312 e. The summed E-state index contributed by atoms with van der Waals surface area (Å²) in [4.78, 5) is 11.2. The van der Waals surface area contributed by atoms with Crippen LogP contribution in [0.2, 0.25) is 0 Å². The lowest BCUT2D eigenvalue weighted by Gasteiger charge is -2.25. The van der Waals surface area contributed by atoms with Gasteiger partial charge in [-0.15, -0.1) is 0 Å². The molecule has 0 spiro atoms. The highest BCUT2D eigenvalue weighted by Gasteiger charge is 2.52.